The van der Waals surface area contributed by atoms with E-state index in [4.69, 9.17) is 4.74 Å². The lowest BCUT2D eigenvalue weighted by Gasteiger charge is -2.03. The number of hydrogen-bond acceptors (Lipinski definition) is 2. The molecular formula is C16H13FN2O. The Morgan fingerprint density at radius 1 is 1.05 bits per heavy atom. The van der Waals surface area contributed by atoms with Crippen LogP contribution in [0.4, 0.5) is 4.39 Å². The number of hydrogen-bond donors (Lipinski definition) is 0. The van der Waals surface area contributed by atoms with Crippen molar-refractivity contribution >= 4 is 0 Å². The first-order valence-corrected chi connectivity index (χ1v) is 6.26. The molecule has 0 fully saturated rings. The molecule has 0 saturated heterocycles. The van der Waals surface area contributed by atoms with Crippen molar-refractivity contribution in [2.75, 3.05) is 0 Å². The maximum atomic E-state index is 13.1. The lowest BCUT2D eigenvalue weighted by Crippen LogP contribution is -1.93. The first-order valence-electron chi connectivity index (χ1n) is 6.26. The topological polar surface area (TPSA) is 27.1 Å². The standard InChI is InChI=1S/C16H13FN2O/c1-12-4-2-6-14(8-12)19-11-16(10-18-19)20-15-7-3-5-13(17)9-15/h2-11H,1H3. The highest BCUT2D eigenvalue weighted by molar-refractivity contribution is 5.36. The van der Waals surface area contributed by atoms with Crippen molar-refractivity contribution in [3.05, 3.63) is 72.3 Å². The fraction of sp³-hybridized carbons (Fsp3) is 0.0625. The number of aromatic nitrogens is 2. The molecule has 2 aromatic carbocycles. The summed E-state index contributed by atoms with van der Waals surface area (Å²) in [6.07, 6.45) is 3.37. The molecule has 0 amide bonds. The van der Waals surface area contributed by atoms with Crippen LogP contribution in [0.15, 0.2) is 60.9 Å². The second kappa shape index (κ2) is 5.17. The summed E-state index contributed by atoms with van der Waals surface area (Å²) in [7, 11) is 0. The molecule has 0 bridgehead atoms. The van der Waals surface area contributed by atoms with Gasteiger partial charge < -0.3 is 4.74 Å². The number of rotatable bonds is 3. The third-order valence-corrected chi connectivity index (χ3v) is 2.86. The van der Waals surface area contributed by atoms with E-state index in [2.05, 4.69) is 5.10 Å². The lowest BCUT2D eigenvalue weighted by atomic mass is 10.2. The predicted molar refractivity (Wildman–Crippen MR) is 74.8 cm³/mol. The van der Waals surface area contributed by atoms with E-state index in [0.717, 1.165) is 11.3 Å². The van der Waals surface area contributed by atoms with Crippen LogP contribution in [-0.2, 0) is 0 Å². The van der Waals surface area contributed by atoms with Crippen LogP contribution < -0.4 is 4.74 Å². The highest BCUT2D eigenvalue weighted by Crippen LogP contribution is 2.22. The summed E-state index contributed by atoms with van der Waals surface area (Å²) in [6, 6.07) is 14.0. The Labute approximate surface area is 116 Å². The molecule has 0 N–H and O–H groups in total. The summed E-state index contributed by atoms with van der Waals surface area (Å²) in [5.41, 5.74) is 2.12. The van der Waals surface area contributed by atoms with Crippen molar-refractivity contribution < 1.29 is 9.13 Å². The average Bonchev–Trinajstić information content (AvgIpc) is 2.87. The molecule has 0 spiro atoms. The van der Waals surface area contributed by atoms with Gasteiger partial charge in [0.1, 0.15) is 11.6 Å². The highest BCUT2D eigenvalue weighted by atomic mass is 19.1. The van der Waals surface area contributed by atoms with Crippen LogP contribution in [0.5, 0.6) is 11.5 Å². The summed E-state index contributed by atoms with van der Waals surface area (Å²) in [6.45, 7) is 2.02. The summed E-state index contributed by atoms with van der Waals surface area (Å²) in [5, 5.41) is 4.24. The smallest absolute Gasteiger partial charge is 0.165 e. The van der Waals surface area contributed by atoms with Crippen molar-refractivity contribution in [3.8, 4) is 17.2 Å². The molecule has 0 radical (unpaired) electrons. The number of nitrogens with zero attached hydrogens (tertiary/aromatic N) is 2. The summed E-state index contributed by atoms with van der Waals surface area (Å²) in [5.74, 6) is 0.694. The summed E-state index contributed by atoms with van der Waals surface area (Å²) in [4.78, 5) is 0. The third kappa shape index (κ3) is 2.69. The number of aryl methyl sites for hydroxylation is 1. The van der Waals surface area contributed by atoms with Crippen LogP contribution in [0.1, 0.15) is 5.56 Å². The normalized spacial score (nSPS) is 10.5. The van der Waals surface area contributed by atoms with Crippen molar-refractivity contribution in [2.24, 2.45) is 0 Å². The van der Waals surface area contributed by atoms with Crippen LogP contribution >= 0.6 is 0 Å². The Bertz CT molecular complexity index is 737. The largest absolute Gasteiger partial charge is 0.454 e. The molecule has 1 heterocycles. The molecule has 20 heavy (non-hydrogen) atoms. The van der Waals surface area contributed by atoms with Gasteiger partial charge in [-0.25, -0.2) is 9.07 Å². The van der Waals surface area contributed by atoms with E-state index in [-0.39, 0.29) is 5.82 Å². The quantitative estimate of drug-likeness (QED) is 0.714. The molecule has 0 aliphatic rings. The van der Waals surface area contributed by atoms with Gasteiger partial charge in [-0.2, -0.15) is 5.10 Å². The van der Waals surface area contributed by atoms with Gasteiger partial charge >= 0.3 is 0 Å². The van der Waals surface area contributed by atoms with Crippen LogP contribution in [0, 0.1) is 12.7 Å². The maximum absolute atomic E-state index is 13.1. The average molecular weight is 268 g/mol. The van der Waals surface area contributed by atoms with Crippen LogP contribution in [0.25, 0.3) is 5.69 Å². The zero-order valence-electron chi connectivity index (χ0n) is 11.0. The minimum absolute atomic E-state index is 0.325. The monoisotopic (exact) mass is 268 g/mol. The fourth-order valence-corrected chi connectivity index (χ4v) is 1.94. The van der Waals surface area contributed by atoms with Gasteiger partial charge in [-0.05, 0) is 36.8 Å². The van der Waals surface area contributed by atoms with Crippen molar-refractivity contribution in [2.45, 2.75) is 6.92 Å². The highest BCUT2D eigenvalue weighted by Gasteiger charge is 2.04. The molecular weight excluding hydrogens is 255 g/mol. The minimum Gasteiger partial charge on any atom is -0.454 e. The van der Waals surface area contributed by atoms with Crippen molar-refractivity contribution in [1.29, 1.82) is 0 Å². The van der Waals surface area contributed by atoms with Crippen molar-refractivity contribution in [3.63, 3.8) is 0 Å². The number of halogens is 1. The maximum Gasteiger partial charge on any atom is 0.165 e. The molecule has 1 aromatic heterocycles. The van der Waals surface area contributed by atoms with Gasteiger partial charge in [-0.1, -0.05) is 18.2 Å². The van der Waals surface area contributed by atoms with E-state index < -0.39 is 0 Å². The van der Waals surface area contributed by atoms with Gasteiger partial charge in [0.15, 0.2) is 5.75 Å². The predicted octanol–water partition coefficient (Wildman–Crippen LogP) is 4.11. The van der Waals surface area contributed by atoms with Gasteiger partial charge in [-0.15, -0.1) is 0 Å². The molecule has 0 unspecified atom stereocenters. The molecule has 100 valence electrons. The molecule has 0 aliphatic carbocycles. The van der Waals surface area contributed by atoms with E-state index in [1.807, 2.05) is 31.2 Å². The Morgan fingerprint density at radius 2 is 1.90 bits per heavy atom. The van der Waals surface area contributed by atoms with Gasteiger partial charge in [0.25, 0.3) is 0 Å². The molecule has 0 aliphatic heterocycles. The lowest BCUT2D eigenvalue weighted by molar-refractivity contribution is 0.476. The Morgan fingerprint density at radius 3 is 2.70 bits per heavy atom. The second-order valence-corrected chi connectivity index (χ2v) is 4.52. The van der Waals surface area contributed by atoms with Gasteiger partial charge in [0, 0.05) is 6.07 Å². The zero-order valence-corrected chi connectivity index (χ0v) is 11.0. The van der Waals surface area contributed by atoms with Crippen LogP contribution in [-0.4, -0.2) is 9.78 Å². The molecule has 3 nitrogen and oxygen atoms in total. The first-order chi connectivity index (χ1) is 9.70. The Hall–Kier alpha value is -2.62. The Kier molecular flexibility index (Phi) is 3.21. The van der Waals surface area contributed by atoms with Crippen LogP contribution in [0.2, 0.25) is 0 Å². The Balaban J connectivity index is 1.84. The SMILES string of the molecule is Cc1cccc(-n2cc(Oc3cccc(F)c3)cn2)c1. The van der Waals surface area contributed by atoms with E-state index >= 15 is 0 Å². The van der Waals surface area contributed by atoms with Gasteiger partial charge in [0.05, 0.1) is 18.1 Å². The third-order valence-electron chi connectivity index (χ3n) is 2.86. The number of ether oxygens (including phenoxy) is 1. The van der Waals surface area contributed by atoms with E-state index in [1.165, 1.54) is 12.1 Å². The molecule has 3 aromatic rings. The second-order valence-electron chi connectivity index (χ2n) is 4.52. The number of benzene rings is 2. The van der Waals surface area contributed by atoms with Crippen molar-refractivity contribution in [1.82, 2.24) is 9.78 Å². The molecule has 3 rings (SSSR count). The summed E-state index contributed by atoms with van der Waals surface area (Å²) < 4.78 is 20.4. The fourth-order valence-electron chi connectivity index (χ4n) is 1.94. The van der Waals surface area contributed by atoms with E-state index in [1.54, 1.807) is 29.2 Å². The van der Waals surface area contributed by atoms with E-state index in [9.17, 15) is 4.39 Å². The van der Waals surface area contributed by atoms with E-state index in [0.29, 0.717) is 11.5 Å². The summed E-state index contributed by atoms with van der Waals surface area (Å²) >= 11 is 0. The molecule has 0 atom stereocenters. The molecule has 4 heteroatoms. The first kappa shape index (κ1) is 12.4. The molecule has 0 saturated carbocycles. The van der Waals surface area contributed by atoms with Gasteiger partial charge in [0.2, 0.25) is 0 Å². The zero-order chi connectivity index (χ0) is 13.9. The van der Waals surface area contributed by atoms with Gasteiger partial charge in [-0.3, -0.25) is 0 Å². The minimum atomic E-state index is -0.325. The van der Waals surface area contributed by atoms with Crippen LogP contribution in [0.3, 0.4) is 0 Å².